The van der Waals surface area contributed by atoms with Crippen molar-refractivity contribution in [1.82, 2.24) is 24.7 Å². The Morgan fingerprint density at radius 2 is 1.60 bits per heavy atom. The smallest absolute Gasteiger partial charge is 0.420 e. The second-order valence-electron chi connectivity index (χ2n) is 12.8. The van der Waals surface area contributed by atoms with E-state index < -0.39 is 40.6 Å². The lowest BCUT2D eigenvalue weighted by Gasteiger charge is -2.39. The molecule has 254 valence electrons. The number of phenolic OH excluding ortho intramolecular Hbond substituents is 1. The summed E-state index contributed by atoms with van der Waals surface area (Å²) in [5.74, 6) is -0.497. The lowest BCUT2D eigenvalue weighted by atomic mass is 9.79. The predicted octanol–water partition coefficient (Wildman–Crippen LogP) is 5.33. The Bertz CT molecular complexity index is 1650. The maximum Gasteiger partial charge on any atom is 0.420 e. The number of para-hydroxylation sites is 2. The number of aromatic amines is 1. The Morgan fingerprint density at radius 3 is 2.28 bits per heavy atom. The van der Waals surface area contributed by atoms with E-state index in [1.807, 2.05) is 24.3 Å². The summed E-state index contributed by atoms with van der Waals surface area (Å²) in [6.45, 7) is 3.43. The van der Waals surface area contributed by atoms with Crippen molar-refractivity contribution in [2.45, 2.75) is 63.3 Å². The molecule has 3 N–H and O–H groups in total. The van der Waals surface area contributed by atoms with Crippen molar-refractivity contribution < 1.29 is 32.6 Å². The van der Waals surface area contributed by atoms with Crippen molar-refractivity contribution in [3.8, 4) is 5.75 Å². The number of benzene rings is 2. The highest BCUT2D eigenvalue weighted by molar-refractivity contribution is 6.32. The minimum absolute atomic E-state index is 0.00767. The van der Waals surface area contributed by atoms with Crippen molar-refractivity contribution in [2.75, 3.05) is 39.3 Å². The van der Waals surface area contributed by atoms with E-state index in [0.29, 0.717) is 37.8 Å². The SMILES string of the molecule is O=C(O[C@H](Cc1cc(Cl)c(O)c(C(F)(F)F)c1)C(=O)N1CCC(C2CCNCC2)CC1)N1CCC(n2c(=O)[nH]c3ccccc32)CC1. The van der Waals surface area contributed by atoms with E-state index >= 15 is 0 Å². The number of nitrogens with zero attached hydrogens (tertiary/aromatic N) is 3. The molecule has 0 saturated carbocycles. The average Bonchev–Trinajstić information content (AvgIpc) is 3.41. The van der Waals surface area contributed by atoms with Crippen LogP contribution in [0.1, 0.15) is 55.7 Å². The zero-order valence-corrected chi connectivity index (χ0v) is 26.7. The molecule has 4 heterocycles. The molecule has 6 rings (SSSR count). The van der Waals surface area contributed by atoms with Crippen molar-refractivity contribution in [3.05, 3.63) is 63.0 Å². The first kappa shape index (κ1) is 33.2. The van der Waals surface area contributed by atoms with Crippen molar-refractivity contribution in [3.63, 3.8) is 0 Å². The van der Waals surface area contributed by atoms with Crippen LogP contribution in [0.2, 0.25) is 5.02 Å². The van der Waals surface area contributed by atoms with E-state index in [0.717, 1.165) is 61.9 Å². The van der Waals surface area contributed by atoms with Crippen LogP contribution in [0, 0.1) is 11.8 Å². The number of alkyl halides is 3. The quantitative estimate of drug-likeness (QED) is 0.325. The number of halogens is 4. The lowest BCUT2D eigenvalue weighted by Crippen LogP contribution is -2.49. The van der Waals surface area contributed by atoms with Gasteiger partial charge >= 0.3 is 18.0 Å². The van der Waals surface area contributed by atoms with Gasteiger partial charge in [0.05, 0.1) is 21.6 Å². The molecule has 14 heteroatoms. The van der Waals surface area contributed by atoms with Gasteiger partial charge in [-0.25, -0.2) is 9.59 Å². The Morgan fingerprint density at radius 1 is 0.957 bits per heavy atom. The first-order valence-corrected chi connectivity index (χ1v) is 16.6. The molecule has 2 amide bonds. The molecule has 3 saturated heterocycles. The van der Waals surface area contributed by atoms with E-state index in [1.54, 1.807) is 9.47 Å². The van der Waals surface area contributed by atoms with Crippen LogP contribution in [0.25, 0.3) is 11.0 Å². The van der Waals surface area contributed by atoms with E-state index in [9.17, 15) is 32.7 Å². The summed E-state index contributed by atoms with van der Waals surface area (Å²) in [4.78, 5) is 46.0. The number of carbonyl (C=O) groups excluding carboxylic acids is 2. The summed E-state index contributed by atoms with van der Waals surface area (Å²) >= 11 is 5.97. The highest BCUT2D eigenvalue weighted by Crippen LogP contribution is 2.41. The molecule has 3 aliphatic heterocycles. The number of carbonyl (C=O) groups is 2. The number of phenols is 1. The Kier molecular flexibility index (Phi) is 9.75. The highest BCUT2D eigenvalue weighted by atomic mass is 35.5. The van der Waals surface area contributed by atoms with Crippen molar-refractivity contribution in [1.29, 1.82) is 0 Å². The number of piperidine rings is 3. The van der Waals surface area contributed by atoms with Crippen LogP contribution in [0.5, 0.6) is 5.75 Å². The summed E-state index contributed by atoms with van der Waals surface area (Å²) in [5.41, 5.74) is -0.0434. The predicted molar refractivity (Wildman–Crippen MR) is 169 cm³/mol. The number of rotatable bonds is 6. The van der Waals surface area contributed by atoms with Gasteiger partial charge in [0, 0.05) is 38.6 Å². The molecule has 1 aromatic heterocycles. The molecule has 3 fully saturated rings. The molecule has 0 radical (unpaired) electrons. The molecule has 47 heavy (non-hydrogen) atoms. The van der Waals surface area contributed by atoms with Crippen LogP contribution in [0.3, 0.4) is 0 Å². The molecule has 10 nitrogen and oxygen atoms in total. The number of ether oxygens (including phenoxy) is 1. The number of aromatic hydroxyl groups is 1. The molecule has 3 aromatic rings. The second-order valence-corrected chi connectivity index (χ2v) is 13.2. The van der Waals surface area contributed by atoms with Crippen molar-refractivity contribution >= 4 is 34.6 Å². The second kappa shape index (κ2) is 13.8. The zero-order valence-electron chi connectivity index (χ0n) is 25.9. The van der Waals surface area contributed by atoms with Gasteiger partial charge in [-0.3, -0.25) is 9.36 Å². The first-order valence-electron chi connectivity index (χ1n) is 16.2. The van der Waals surface area contributed by atoms with Gasteiger partial charge in [0.1, 0.15) is 5.75 Å². The fourth-order valence-electron chi connectivity index (χ4n) is 7.43. The summed E-state index contributed by atoms with van der Waals surface area (Å²) < 4.78 is 48.5. The molecule has 0 aliphatic carbocycles. The summed E-state index contributed by atoms with van der Waals surface area (Å²) in [6, 6.07) is 9.12. The van der Waals surface area contributed by atoms with E-state index in [2.05, 4.69) is 10.3 Å². The Balaban J connectivity index is 1.16. The minimum atomic E-state index is -4.88. The number of hydrogen-bond acceptors (Lipinski definition) is 6. The molecule has 0 spiro atoms. The van der Waals surface area contributed by atoms with Gasteiger partial charge in [0.2, 0.25) is 0 Å². The van der Waals surface area contributed by atoms with E-state index in [4.69, 9.17) is 16.3 Å². The van der Waals surface area contributed by atoms with Gasteiger partial charge < -0.3 is 29.9 Å². The highest BCUT2D eigenvalue weighted by Gasteiger charge is 2.38. The van der Waals surface area contributed by atoms with Gasteiger partial charge in [0.25, 0.3) is 5.91 Å². The maximum absolute atomic E-state index is 13.9. The largest absolute Gasteiger partial charge is 0.506 e. The maximum atomic E-state index is 13.9. The van der Waals surface area contributed by atoms with Gasteiger partial charge in [-0.2, -0.15) is 13.2 Å². The Hall–Kier alpha value is -3.71. The van der Waals surface area contributed by atoms with Gasteiger partial charge in [-0.15, -0.1) is 0 Å². The number of amides is 2. The number of aromatic nitrogens is 2. The van der Waals surface area contributed by atoms with Crippen LogP contribution >= 0.6 is 11.6 Å². The summed E-state index contributed by atoms with van der Waals surface area (Å²) in [7, 11) is 0. The third kappa shape index (κ3) is 7.25. The normalized spacial score (nSPS) is 19.7. The summed E-state index contributed by atoms with van der Waals surface area (Å²) in [6.07, 6.45) is -2.63. The number of nitrogens with one attached hydrogen (secondary N) is 2. The van der Waals surface area contributed by atoms with E-state index in [1.165, 1.54) is 4.90 Å². The number of likely N-dealkylation sites (tertiary alicyclic amines) is 2. The fourth-order valence-corrected chi connectivity index (χ4v) is 7.67. The van der Waals surface area contributed by atoms with Crippen LogP contribution in [-0.4, -0.2) is 81.8 Å². The molecule has 1 atom stereocenters. The lowest BCUT2D eigenvalue weighted by molar-refractivity contribution is -0.142. The minimum Gasteiger partial charge on any atom is -0.506 e. The van der Waals surface area contributed by atoms with E-state index in [-0.39, 0.29) is 36.8 Å². The third-order valence-electron chi connectivity index (χ3n) is 9.98. The third-order valence-corrected chi connectivity index (χ3v) is 10.3. The first-order chi connectivity index (χ1) is 22.5. The Labute approximate surface area is 274 Å². The standard InChI is InChI=1S/C33H39ClF3N5O5/c34-25-18-20(17-24(29(25)43)33(35,36)37)19-28(30(44)40-13-7-22(8-14-40)21-5-11-38-12-6-21)47-32(46)41-15-9-23(10-16-41)42-27-4-2-1-3-26(27)39-31(42)45/h1-4,17-18,21-23,28,38,43H,5-16,19H2,(H,39,45)/t28-/m1/s1. The molecular formula is C33H39ClF3N5O5. The number of hydrogen-bond donors (Lipinski definition) is 3. The molecular weight excluding hydrogens is 639 g/mol. The number of H-pyrrole nitrogens is 1. The average molecular weight is 678 g/mol. The van der Waals surface area contributed by atoms with Crippen LogP contribution in [-0.2, 0) is 22.1 Å². The molecule has 2 aromatic carbocycles. The van der Waals surface area contributed by atoms with Crippen LogP contribution in [0.15, 0.2) is 41.2 Å². The van der Waals surface area contributed by atoms with Crippen LogP contribution < -0.4 is 11.0 Å². The molecule has 0 bridgehead atoms. The zero-order chi connectivity index (χ0) is 33.3. The molecule has 3 aliphatic rings. The topological polar surface area (TPSA) is 120 Å². The number of fused-ring (bicyclic) bond motifs is 1. The van der Waals surface area contributed by atoms with Crippen molar-refractivity contribution in [2.24, 2.45) is 11.8 Å². The fraction of sp³-hybridized carbons (Fsp3) is 0.545. The number of imidazole rings is 1. The van der Waals surface area contributed by atoms with Crippen LogP contribution in [0.4, 0.5) is 18.0 Å². The monoisotopic (exact) mass is 677 g/mol. The molecule has 0 unspecified atom stereocenters. The summed E-state index contributed by atoms with van der Waals surface area (Å²) in [5, 5.41) is 12.8. The van der Waals surface area contributed by atoms with Gasteiger partial charge in [0.15, 0.2) is 6.10 Å². The van der Waals surface area contributed by atoms with Gasteiger partial charge in [-0.05, 0) is 93.3 Å². The van der Waals surface area contributed by atoms with Gasteiger partial charge in [-0.1, -0.05) is 23.7 Å².